The molecular weight excluding hydrogens is 379 g/mol. The Morgan fingerprint density at radius 3 is 2.07 bits per heavy atom. The maximum atomic E-state index is 13.1. The van der Waals surface area contributed by atoms with Crippen molar-refractivity contribution >= 4 is 21.6 Å². The minimum absolute atomic E-state index is 0.0379. The van der Waals surface area contributed by atoms with Crippen LogP contribution >= 0.6 is 0 Å². The number of sulfonamides is 1. The fourth-order valence-electron chi connectivity index (χ4n) is 2.78. The van der Waals surface area contributed by atoms with Crippen LogP contribution in [0.2, 0.25) is 0 Å². The zero-order valence-electron chi connectivity index (χ0n) is 16.9. The molecule has 0 spiro atoms. The molecule has 152 valence electrons. The van der Waals surface area contributed by atoms with E-state index in [-0.39, 0.29) is 23.7 Å². The molecular formula is C21H27FN2O3S. The SMILES string of the molecule is C[C@@H](NC(=O)CN(c1ccc(F)cc1)S(C)(=O)=O)c1ccc(C(C)(C)C)cc1. The van der Waals surface area contributed by atoms with E-state index in [1.807, 2.05) is 31.2 Å². The van der Waals surface area contributed by atoms with E-state index in [2.05, 4.69) is 26.1 Å². The summed E-state index contributed by atoms with van der Waals surface area (Å²) in [7, 11) is -3.70. The zero-order valence-corrected chi connectivity index (χ0v) is 17.7. The number of amides is 1. The number of benzene rings is 2. The van der Waals surface area contributed by atoms with Crippen LogP contribution in [0.3, 0.4) is 0 Å². The van der Waals surface area contributed by atoms with Crippen molar-refractivity contribution in [2.24, 2.45) is 0 Å². The summed E-state index contributed by atoms with van der Waals surface area (Å²) < 4.78 is 38.3. The van der Waals surface area contributed by atoms with Gasteiger partial charge in [-0.05, 0) is 47.7 Å². The van der Waals surface area contributed by atoms with Crippen molar-refractivity contribution in [2.75, 3.05) is 17.1 Å². The molecule has 0 saturated heterocycles. The van der Waals surface area contributed by atoms with E-state index in [0.29, 0.717) is 0 Å². The molecule has 7 heteroatoms. The van der Waals surface area contributed by atoms with Crippen molar-refractivity contribution in [2.45, 2.75) is 39.2 Å². The Morgan fingerprint density at radius 2 is 1.61 bits per heavy atom. The van der Waals surface area contributed by atoms with Gasteiger partial charge in [-0.25, -0.2) is 12.8 Å². The van der Waals surface area contributed by atoms with E-state index in [4.69, 9.17) is 0 Å². The number of hydrogen-bond donors (Lipinski definition) is 1. The second-order valence-electron chi connectivity index (χ2n) is 7.91. The highest BCUT2D eigenvalue weighted by Gasteiger charge is 2.22. The van der Waals surface area contributed by atoms with Gasteiger partial charge in [-0.15, -0.1) is 0 Å². The normalized spacial score (nSPS) is 13.1. The quantitative estimate of drug-likeness (QED) is 0.794. The molecule has 1 amide bonds. The third-order valence-electron chi connectivity index (χ3n) is 4.46. The molecule has 0 fully saturated rings. The van der Waals surface area contributed by atoms with E-state index in [1.54, 1.807) is 0 Å². The first-order valence-electron chi connectivity index (χ1n) is 9.01. The molecule has 1 atom stereocenters. The molecule has 0 aliphatic carbocycles. The van der Waals surface area contributed by atoms with Crippen LogP contribution < -0.4 is 9.62 Å². The standard InChI is InChI=1S/C21H27FN2O3S/c1-15(16-6-8-17(9-7-16)21(2,3)4)23-20(25)14-24(28(5,26)27)19-12-10-18(22)11-13-19/h6-13,15H,14H2,1-5H3,(H,23,25)/t15-/m1/s1. The van der Waals surface area contributed by atoms with Crippen LogP contribution in [0.5, 0.6) is 0 Å². The summed E-state index contributed by atoms with van der Waals surface area (Å²) >= 11 is 0. The van der Waals surface area contributed by atoms with Gasteiger partial charge in [0.25, 0.3) is 0 Å². The Morgan fingerprint density at radius 1 is 1.07 bits per heavy atom. The molecule has 0 aliphatic rings. The average molecular weight is 407 g/mol. The predicted octanol–water partition coefficient (Wildman–Crippen LogP) is 3.77. The Bertz CT molecular complexity index is 918. The molecule has 0 aliphatic heterocycles. The summed E-state index contributed by atoms with van der Waals surface area (Å²) in [6.45, 7) is 7.84. The number of hydrogen-bond acceptors (Lipinski definition) is 3. The van der Waals surface area contributed by atoms with Crippen molar-refractivity contribution in [3.05, 3.63) is 65.5 Å². The molecule has 0 heterocycles. The van der Waals surface area contributed by atoms with E-state index >= 15 is 0 Å². The maximum Gasteiger partial charge on any atom is 0.241 e. The topological polar surface area (TPSA) is 66.5 Å². The lowest BCUT2D eigenvalue weighted by molar-refractivity contribution is -0.120. The molecule has 0 bridgehead atoms. The third-order valence-corrected chi connectivity index (χ3v) is 5.60. The zero-order chi connectivity index (χ0) is 21.1. The van der Waals surface area contributed by atoms with Gasteiger partial charge < -0.3 is 5.32 Å². The molecule has 1 N–H and O–H groups in total. The summed E-state index contributed by atoms with van der Waals surface area (Å²) in [6.07, 6.45) is 1.01. The highest BCUT2D eigenvalue weighted by molar-refractivity contribution is 7.92. The fraction of sp³-hybridized carbons (Fsp3) is 0.381. The number of halogens is 1. The second kappa shape index (κ2) is 8.31. The smallest absolute Gasteiger partial charge is 0.241 e. The van der Waals surface area contributed by atoms with E-state index < -0.39 is 21.7 Å². The van der Waals surface area contributed by atoms with Crippen molar-refractivity contribution in [3.8, 4) is 0 Å². The maximum absolute atomic E-state index is 13.1. The van der Waals surface area contributed by atoms with Gasteiger partial charge in [0, 0.05) is 0 Å². The van der Waals surface area contributed by atoms with Crippen LogP contribution in [-0.4, -0.2) is 27.1 Å². The monoisotopic (exact) mass is 406 g/mol. The predicted molar refractivity (Wildman–Crippen MR) is 110 cm³/mol. The number of anilines is 1. The average Bonchev–Trinajstić information content (AvgIpc) is 2.59. The highest BCUT2D eigenvalue weighted by Crippen LogP contribution is 2.24. The van der Waals surface area contributed by atoms with Crippen LogP contribution in [0.15, 0.2) is 48.5 Å². The summed E-state index contributed by atoms with van der Waals surface area (Å²) in [4.78, 5) is 12.5. The van der Waals surface area contributed by atoms with E-state index in [9.17, 15) is 17.6 Å². The number of carbonyl (C=O) groups excluding carboxylic acids is 1. The molecule has 5 nitrogen and oxygen atoms in total. The van der Waals surface area contributed by atoms with Crippen LogP contribution in [0.4, 0.5) is 10.1 Å². The van der Waals surface area contributed by atoms with Gasteiger partial charge in [-0.1, -0.05) is 45.0 Å². The second-order valence-corrected chi connectivity index (χ2v) is 9.81. The summed E-state index contributed by atoms with van der Waals surface area (Å²) in [6, 6.07) is 12.7. The Labute approximate surface area is 166 Å². The molecule has 0 saturated carbocycles. The molecule has 2 aromatic rings. The highest BCUT2D eigenvalue weighted by atomic mass is 32.2. The van der Waals surface area contributed by atoms with Gasteiger partial charge in [0.2, 0.25) is 15.9 Å². The van der Waals surface area contributed by atoms with Crippen LogP contribution in [0, 0.1) is 5.82 Å². The number of nitrogens with zero attached hydrogens (tertiary/aromatic N) is 1. The van der Waals surface area contributed by atoms with Crippen LogP contribution in [0.25, 0.3) is 0 Å². The van der Waals surface area contributed by atoms with Crippen molar-refractivity contribution < 1.29 is 17.6 Å². The number of rotatable bonds is 6. The van der Waals surface area contributed by atoms with E-state index in [0.717, 1.165) is 28.3 Å². The molecule has 0 radical (unpaired) electrons. The first kappa shape index (κ1) is 21.9. The number of carbonyl (C=O) groups is 1. The first-order valence-corrected chi connectivity index (χ1v) is 10.9. The van der Waals surface area contributed by atoms with Gasteiger partial charge in [0.15, 0.2) is 0 Å². The summed E-state index contributed by atoms with van der Waals surface area (Å²) in [5, 5.41) is 2.82. The fourth-order valence-corrected chi connectivity index (χ4v) is 3.64. The molecule has 0 aromatic heterocycles. The number of nitrogens with one attached hydrogen (secondary N) is 1. The summed E-state index contributed by atoms with van der Waals surface area (Å²) in [5.74, 6) is -0.920. The first-order chi connectivity index (χ1) is 12.9. The largest absolute Gasteiger partial charge is 0.348 e. The van der Waals surface area contributed by atoms with Gasteiger partial charge in [-0.3, -0.25) is 9.10 Å². The van der Waals surface area contributed by atoms with Crippen molar-refractivity contribution in [1.29, 1.82) is 0 Å². The van der Waals surface area contributed by atoms with Gasteiger partial charge >= 0.3 is 0 Å². The lowest BCUT2D eigenvalue weighted by atomic mass is 9.86. The lowest BCUT2D eigenvalue weighted by Gasteiger charge is -2.24. The van der Waals surface area contributed by atoms with Crippen LogP contribution in [0.1, 0.15) is 44.9 Å². The molecule has 0 unspecified atom stereocenters. The minimum atomic E-state index is -3.70. The third kappa shape index (κ3) is 5.79. The minimum Gasteiger partial charge on any atom is -0.348 e. The van der Waals surface area contributed by atoms with Gasteiger partial charge in [0.05, 0.1) is 18.0 Å². The van der Waals surface area contributed by atoms with Gasteiger partial charge in [-0.2, -0.15) is 0 Å². The van der Waals surface area contributed by atoms with Gasteiger partial charge in [0.1, 0.15) is 12.4 Å². The van der Waals surface area contributed by atoms with Crippen molar-refractivity contribution in [1.82, 2.24) is 5.32 Å². The molecule has 2 aromatic carbocycles. The van der Waals surface area contributed by atoms with Crippen molar-refractivity contribution in [3.63, 3.8) is 0 Å². The summed E-state index contributed by atoms with van der Waals surface area (Å²) in [5.41, 5.74) is 2.39. The Kier molecular flexibility index (Phi) is 6.49. The Hall–Kier alpha value is -2.41. The van der Waals surface area contributed by atoms with E-state index in [1.165, 1.54) is 17.7 Å². The van der Waals surface area contributed by atoms with Crippen LogP contribution in [-0.2, 0) is 20.2 Å². The molecule has 2 rings (SSSR count). The lowest BCUT2D eigenvalue weighted by Crippen LogP contribution is -2.41. The Balaban J connectivity index is 2.11. The molecule has 28 heavy (non-hydrogen) atoms.